The fraction of sp³-hybridized carbons (Fsp3) is 0.731. The Labute approximate surface area is 191 Å². The number of ether oxygens (including phenoxy) is 1. The molecule has 0 bridgehead atoms. The summed E-state index contributed by atoms with van der Waals surface area (Å²) < 4.78 is 5.70. The predicted octanol–water partition coefficient (Wildman–Crippen LogP) is 2.84. The number of nitrogens with zero attached hydrogens (tertiary/aromatic N) is 1. The Kier molecular flexibility index (Phi) is 5.57. The maximum atomic E-state index is 13.2. The highest BCUT2D eigenvalue weighted by Crippen LogP contribution is 2.67. The largest absolute Gasteiger partial charge is 0.453 e. The van der Waals surface area contributed by atoms with E-state index in [2.05, 4.69) is 19.9 Å². The second kappa shape index (κ2) is 7.63. The van der Waals surface area contributed by atoms with Gasteiger partial charge in [0.05, 0.1) is 21.1 Å². The van der Waals surface area contributed by atoms with E-state index in [1.54, 1.807) is 6.08 Å². The molecule has 0 saturated heterocycles. The van der Waals surface area contributed by atoms with Crippen LogP contribution in [0.2, 0.25) is 0 Å². The van der Waals surface area contributed by atoms with Gasteiger partial charge < -0.3 is 14.3 Å². The molecule has 4 rings (SSSR count). The molecule has 0 aromatic heterocycles. The van der Waals surface area contributed by atoms with Crippen LogP contribution in [-0.2, 0) is 19.1 Å². The van der Waals surface area contributed by atoms with Gasteiger partial charge in [0.2, 0.25) is 5.78 Å². The van der Waals surface area contributed by atoms with Crippen LogP contribution in [0.15, 0.2) is 23.8 Å². The summed E-state index contributed by atoms with van der Waals surface area (Å²) in [5.74, 6) is 0.386. The molecule has 4 aliphatic rings. The molecule has 3 fully saturated rings. The van der Waals surface area contributed by atoms with Crippen LogP contribution >= 0.6 is 0 Å². The van der Waals surface area contributed by atoms with Gasteiger partial charge in [-0.15, -0.1) is 0 Å². The SMILES string of the molecule is C[C@]12C=CC(=O)C=C1CC[C@@H]1[C@@H]2CC[C@]2(C)[C@H]1CC[C@]2(O)C(=O)COC(=O)C[N+](C)(C)C. The van der Waals surface area contributed by atoms with E-state index >= 15 is 0 Å². The lowest BCUT2D eigenvalue weighted by molar-refractivity contribution is -0.862. The number of allylic oxidation sites excluding steroid dienone is 4. The van der Waals surface area contributed by atoms with Gasteiger partial charge in [-0.25, -0.2) is 4.79 Å². The zero-order valence-corrected chi connectivity index (χ0v) is 20.1. The number of Topliss-reactive ketones (excluding diaryl/α,β-unsaturated/α-hetero) is 1. The third kappa shape index (κ3) is 3.60. The van der Waals surface area contributed by atoms with E-state index in [4.69, 9.17) is 4.74 Å². The normalized spacial score (nSPS) is 40.8. The summed E-state index contributed by atoms with van der Waals surface area (Å²) in [7, 11) is 5.67. The minimum absolute atomic E-state index is 0.0808. The molecule has 6 heteroatoms. The number of likely N-dealkylation sites (N-methyl/N-ethyl adjacent to an activating group) is 1. The Balaban J connectivity index is 1.51. The van der Waals surface area contributed by atoms with Crippen LogP contribution in [0.1, 0.15) is 52.4 Å². The van der Waals surface area contributed by atoms with Gasteiger partial charge in [-0.2, -0.15) is 0 Å². The third-order valence-corrected chi connectivity index (χ3v) is 9.14. The molecule has 4 aliphatic carbocycles. The first-order valence-electron chi connectivity index (χ1n) is 12.0. The molecule has 0 aromatic rings. The van der Waals surface area contributed by atoms with Crippen LogP contribution in [0.25, 0.3) is 0 Å². The molecule has 0 aliphatic heterocycles. The highest BCUT2D eigenvalue weighted by molar-refractivity contribution is 6.01. The van der Waals surface area contributed by atoms with Crippen molar-refractivity contribution in [2.45, 2.75) is 58.0 Å². The summed E-state index contributed by atoms with van der Waals surface area (Å²) in [5.41, 5.74) is -0.828. The van der Waals surface area contributed by atoms with Crippen molar-refractivity contribution < 1.29 is 28.7 Å². The number of esters is 1. The van der Waals surface area contributed by atoms with Crippen LogP contribution < -0.4 is 0 Å². The summed E-state index contributed by atoms with van der Waals surface area (Å²) in [6.45, 7) is 4.14. The summed E-state index contributed by atoms with van der Waals surface area (Å²) >= 11 is 0. The van der Waals surface area contributed by atoms with Gasteiger partial charge in [0.1, 0.15) is 5.60 Å². The van der Waals surface area contributed by atoms with Gasteiger partial charge in [0.15, 0.2) is 18.9 Å². The number of rotatable bonds is 5. The number of hydrogen-bond acceptors (Lipinski definition) is 5. The summed E-state index contributed by atoms with van der Waals surface area (Å²) in [6.07, 6.45) is 10.4. The minimum Gasteiger partial charge on any atom is -0.453 e. The highest BCUT2D eigenvalue weighted by atomic mass is 16.5. The Hall–Kier alpha value is -1.79. The average Bonchev–Trinajstić information content (AvgIpc) is 2.97. The van der Waals surface area contributed by atoms with Crippen molar-refractivity contribution >= 4 is 17.5 Å². The van der Waals surface area contributed by atoms with Crippen LogP contribution in [0, 0.1) is 28.6 Å². The molecule has 176 valence electrons. The molecule has 0 radical (unpaired) electrons. The van der Waals surface area contributed by atoms with E-state index < -0.39 is 17.0 Å². The number of ketones is 2. The Morgan fingerprint density at radius 1 is 1.12 bits per heavy atom. The van der Waals surface area contributed by atoms with Crippen molar-refractivity contribution in [3.05, 3.63) is 23.8 Å². The van der Waals surface area contributed by atoms with E-state index in [0.29, 0.717) is 22.7 Å². The minimum atomic E-state index is -1.45. The molecule has 6 nitrogen and oxygen atoms in total. The lowest BCUT2D eigenvalue weighted by Gasteiger charge is -2.57. The van der Waals surface area contributed by atoms with E-state index in [1.807, 2.05) is 27.2 Å². The molecular weight excluding hydrogens is 406 g/mol. The second-order valence-electron chi connectivity index (χ2n) is 12.0. The third-order valence-electron chi connectivity index (χ3n) is 9.14. The molecule has 0 spiro atoms. The topological polar surface area (TPSA) is 80.7 Å². The number of quaternary nitrogens is 1. The number of hydrogen-bond donors (Lipinski definition) is 1. The molecule has 0 amide bonds. The predicted molar refractivity (Wildman–Crippen MR) is 120 cm³/mol. The zero-order valence-electron chi connectivity index (χ0n) is 20.1. The highest BCUT2D eigenvalue weighted by Gasteiger charge is 2.66. The fourth-order valence-electron chi connectivity index (χ4n) is 7.37. The number of aliphatic hydroxyl groups is 1. The quantitative estimate of drug-likeness (QED) is 0.521. The first-order chi connectivity index (χ1) is 14.8. The molecule has 3 saturated carbocycles. The van der Waals surface area contributed by atoms with Crippen LogP contribution in [0.3, 0.4) is 0 Å². The van der Waals surface area contributed by atoms with Crippen LogP contribution in [-0.4, -0.2) is 67.0 Å². The van der Waals surface area contributed by atoms with Gasteiger partial charge in [0, 0.05) is 10.8 Å². The summed E-state index contributed by atoms with van der Waals surface area (Å²) in [6, 6.07) is 0. The van der Waals surface area contributed by atoms with Crippen LogP contribution in [0.5, 0.6) is 0 Å². The van der Waals surface area contributed by atoms with Crippen molar-refractivity contribution in [3.8, 4) is 0 Å². The maximum Gasteiger partial charge on any atom is 0.362 e. The van der Waals surface area contributed by atoms with Gasteiger partial charge in [0.25, 0.3) is 0 Å². The average molecular weight is 445 g/mol. The van der Waals surface area contributed by atoms with Crippen LogP contribution in [0.4, 0.5) is 0 Å². The van der Waals surface area contributed by atoms with Gasteiger partial charge in [-0.05, 0) is 68.4 Å². The molecule has 1 N–H and O–H groups in total. The second-order valence-corrected chi connectivity index (χ2v) is 12.0. The van der Waals surface area contributed by atoms with Crippen molar-refractivity contribution in [2.75, 3.05) is 34.3 Å². The van der Waals surface area contributed by atoms with E-state index in [9.17, 15) is 19.5 Å². The molecule has 32 heavy (non-hydrogen) atoms. The lowest BCUT2D eigenvalue weighted by Crippen LogP contribution is -2.58. The molecular formula is C26H38NO5+. The number of carbonyl (C=O) groups excluding carboxylic acids is 3. The lowest BCUT2D eigenvalue weighted by atomic mass is 9.47. The summed E-state index contributed by atoms with van der Waals surface area (Å²) in [4.78, 5) is 37.2. The summed E-state index contributed by atoms with van der Waals surface area (Å²) in [5, 5.41) is 11.7. The fourth-order valence-corrected chi connectivity index (χ4v) is 7.37. The Bertz CT molecular complexity index is 898. The number of carbonyl (C=O) groups is 3. The monoisotopic (exact) mass is 444 g/mol. The molecule has 0 heterocycles. The van der Waals surface area contributed by atoms with Crippen molar-refractivity contribution in [2.24, 2.45) is 28.6 Å². The molecule has 0 aromatic carbocycles. The first kappa shape index (κ1) is 23.4. The van der Waals surface area contributed by atoms with E-state index in [-0.39, 0.29) is 36.1 Å². The zero-order chi connectivity index (χ0) is 23.5. The Morgan fingerprint density at radius 3 is 2.50 bits per heavy atom. The standard InChI is InChI=1S/C26H38NO5/c1-24-11-8-18(28)14-17(24)6-7-19-20(24)9-12-25(2)21(19)10-13-26(25,31)22(29)16-32-23(30)15-27(3,4)5/h8,11,14,19-21,31H,6-7,9-10,12-13,15-16H2,1-5H3/q+1/t19-,20+,21+,24+,25-,26+/m1/s1. The van der Waals surface area contributed by atoms with Gasteiger partial charge in [-0.3, -0.25) is 9.59 Å². The van der Waals surface area contributed by atoms with Crippen molar-refractivity contribution in [3.63, 3.8) is 0 Å². The van der Waals surface area contributed by atoms with E-state index in [0.717, 1.165) is 32.1 Å². The maximum absolute atomic E-state index is 13.2. The van der Waals surface area contributed by atoms with Gasteiger partial charge in [-0.1, -0.05) is 25.5 Å². The van der Waals surface area contributed by atoms with E-state index in [1.165, 1.54) is 5.57 Å². The first-order valence-corrected chi connectivity index (χ1v) is 12.0. The molecule has 0 unspecified atom stereocenters. The van der Waals surface area contributed by atoms with Crippen molar-refractivity contribution in [1.29, 1.82) is 0 Å². The Morgan fingerprint density at radius 2 is 1.81 bits per heavy atom. The molecule has 6 atom stereocenters. The smallest absolute Gasteiger partial charge is 0.362 e. The van der Waals surface area contributed by atoms with Crippen molar-refractivity contribution in [1.82, 2.24) is 0 Å². The van der Waals surface area contributed by atoms with Gasteiger partial charge >= 0.3 is 5.97 Å². The number of fused-ring (bicyclic) bond motifs is 5.